The standard InChI is InChI=1S/C13H12FN3O2/c1-16(11-7-3-2-5-9(11)14)12-8-4-6-10(15)13(12)17(18)19/h2-8H,15H2,1H3. The predicted octanol–water partition coefficient (Wildman–Crippen LogP) is 3.08. The van der Waals surface area contributed by atoms with Gasteiger partial charge in [-0.05, 0) is 24.3 Å². The molecule has 0 saturated heterocycles. The van der Waals surface area contributed by atoms with Crippen LogP contribution in [0.3, 0.4) is 0 Å². The largest absolute Gasteiger partial charge is 0.393 e. The van der Waals surface area contributed by atoms with Gasteiger partial charge in [-0.2, -0.15) is 0 Å². The lowest BCUT2D eigenvalue weighted by molar-refractivity contribution is -0.383. The first kappa shape index (κ1) is 12.8. The van der Waals surface area contributed by atoms with E-state index in [-0.39, 0.29) is 22.7 Å². The third-order valence-electron chi connectivity index (χ3n) is 2.80. The lowest BCUT2D eigenvalue weighted by atomic mass is 10.2. The molecule has 98 valence electrons. The first-order valence-corrected chi connectivity index (χ1v) is 5.53. The molecule has 0 radical (unpaired) electrons. The molecule has 0 aromatic heterocycles. The Balaban J connectivity index is 2.57. The summed E-state index contributed by atoms with van der Waals surface area (Å²) in [6.07, 6.45) is 0. The molecule has 0 atom stereocenters. The van der Waals surface area contributed by atoms with Crippen LogP contribution in [0.5, 0.6) is 0 Å². The number of nitrogens with two attached hydrogens (primary N) is 1. The second-order valence-corrected chi connectivity index (χ2v) is 3.98. The molecule has 19 heavy (non-hydrogen) atoms. The molecule has 0 bridgehead atoms. The van der Waals surface area contributed by atoms with Crippen LogP contribution in [-0.4, -0.2) is 12.0 Å². The Labute approximate surface area is 109 Å². The minimum atomic E-state index is -0.567. The summed E-state index contributed by atoms with van der Waals surface area (Å²) in [5.41, 5.74) is 5.92. The Bertz CT molecular complexity index is 631. The molecule has 0 fully saturated rings. The zero-order chi connectivity index (χ0) is 14.0. The van der Waals surface area contributed by atoms with Gasteiger partial charge in [0.25, 0.3) is 0 Å². The van der Waals surface area contributed by atoms with E-state index in [1.165, 1.54) is 23.1 Å². The maximum atomic E-state index is 13.7. The number of hydrogen-bond acceptors (Lipinski definition) is 4. The minimum Gasteiger partial charge on any atom is -0.393 e. The van der Waals surface area contributed by atoms with Crippen LogP contribution in [0, 0.1) is 15.9 Å². The van der Waals surface area contributed by atoms with E-state index in [1.807, 2.05) is 0 Å². The van der Waals surface area contributed by atoms with Crippen LogP contribution < -0.4 is 10.6 Å². The van der Waals surface area contributed by atoms with Crippen molar-refractivity contribution in [2.45, 2.75) is 0 Å². The highest BCUT2D eigenvalue weighted by atomic mass is 19.1. The molecular formula is C13H12FN3O2. The van der Waals surface area contributed by atoms with Crippen LogP contribution in [0.1, 0.15) is 0 Å². The van der Waals surface area contributed by atoms with E-state index in [1.54, 1.807) is 31.3 Å². The van der Waals surface area contributed by atoms with Crippen LogP contribution in [0.15, 0.2) is 42.5 Å². The van der Waals surface area contributed by atoms with Crippen molar-refractivity contribution < 1.29 is 9.31 Å². The Morgan fingerprint density at radius 1 is 1.16 bits per heavy atom. The van der Waals surface area contributed by atoms with Gasteiger partial charge in [0.15, 0.2) is 0 Å². The zero-order valence-electron chi connectivity index (χ0n) is 10.2. The van der Waals surface area contributed by atoms with Gasteiger partial charge in [-0.25, -0.2) is 4.39 Å². The van der Waals surface area contributed by atoms with Crippen LogP contribution >= 0.6 is 0 Å². The molecule has 0 aliphatic heterocycles. The first-order chi connectivity index (χ1) is 9.02. The van der Waals surface area contributed by atoms with Crippen molar-refractivity contribution in [1.82, 2.24) is 0 Å². The van der Waals surface area contributed by atoms with E-state index in [0.717, 1.165) is 0 Å². The van der Waals surface area contributed by atoms with Crippen molar-refractivity contribution in [3.63, 3.8) is 0 Å². The summed E-state index contributed by atoms with van der Waals surface area (Å²) in [5, 5.41) is 11.1. The van der Waals surface area contributed by atoms with Crippen molar-refractivity contribution in [1.29, 1.82) is 0 Å². The van der Waals surface area contributed by atoms with E-state index >= 15 is 0 Å². The second kappa shape index (κ2) is 4.93. The summed E-state index contributed by atoms with van der Waals surface area (Å²) in [4.78, 5) is 11.9. The van der Waals surface area contributed by atoms with Gasteiger partial charge in [0, 0.05) is 7.05 Å². The van der Waals surface area contributed by atoms with Crippen molar-refractivity contribution >= 4 is 22.7 Å². The Morgan fingerprint density at radius 3 is 2.42 bits per heavy atom. The van der Waals surface area contributed by atoms with Crippen LogP contribution in [-0.2, 0) is 0 Å². The third kappa shape index (κ3) is 2.33. The maximum Gasteiger partial charge on any atom is 0.315 e. The number of nitro groups is 1. The van der Waals surface area contributed by atoms with Gasteiger partial charge in [0.1, 0.15) is 17.2 Å². The lowest BCUT2D eigenvalue weighted by Gasteiger charge is -2.20. The molecule has 2 aromatic carbocycles. The normalized spacial score (nSPS) is 10.2. The summed E-state index contributed by atoms with van der Waals surface area (Å²) >= 11 is 0. The van der Waals surface area contributed by atoms with Gasteiger partial charge in [-0.3, -0.25) is 10.1 Å². The average Bonchev–Trinajstić information content (AvgIpc) is 2.37. The fourth-order valence-corrected chi connectivity index (χ4v) is 1.87. The molecule has 0 aliphatic carbocycles. The number of anilines is 3. The fraction of sp³-hybridized carbons (Fsp3) is 0.0769. The van der Waals surface area contributed by atoms with Crippen LogP contribution in [0.4, 0.5) is 27.1 Å². The molecule has 0 spiro atoms. The van der Waals surface area contributed by atoms with Gasteiger partial charge in [-0.15, -0.1) is 0 Å². The molecule has 5 nitrogen and oxygen atoms in total. The van der Waals surface area contributed by atoms with E-state index < -0.39 is 10.7 Å². The molecule has 0 unspecified atom stereocenters. The van der Waals surface area contributed by atoms with Gasteiger partial charge in [-0.1, -0.05) is 18.2 Å². The van der Waals surface area contributed by atoms with Gasteiger partial charge in [0.05, 0.1) is 10.6 Å². The SMILES string of the molecule is CN(c1ccccc1F)c1cccc(N)c1[N+](=O)[O-]. The monoisotopic (exact) mass is 261 g/mol. The number of nitro benzene ring substituents is 1. The number of rotatable bonds is 3. The molecule has 0 saturated carbocycles. The average molecular weight is 261 g/mol. The van der Waals surface area contributed by atoms with Crippen molar-refractivity contribution in [3.05, 3.63) is 58.4 Å². The molecule has 2 aromatic rings. The highest BCUT2D eigenvalue weighted by molar-refractivity contribution is 5.79. The fourth-order valence-electron chi connectivity index (χ4n) is 1.87. The Morgan fingerprint density at radius 2 is 1.79 bits per heavy atom. The molecule has 0 aliphatic rings. The summed E-state index contributed by atoms with van der Waals surface area (Å²) in [7, 11) is 1.56. The molecular weight excluding hydrogens is 249 g/mol. The van der Waals surface area contributed by atoms with Crippen LogP contribution in [0.25, 0.3) is 0 Å². The topological polar surface area (TPSA) is 72.4 Å². The number of nitrogens with zero attached hydrogens (tertiary/aromatic N) is 2. The van der Waals surface area contributed by atoms with Gasteiger partial charge < -0.3 is 10.6 Å². The van der Waals surface area contributed by atoms with Gasteiger partial charge >= 0.3 is 5.69 Å². The molecule has 2 N–H and O–H groups in total. The van der Waals surface area contributed by atoms with Crippen molar-refractivity contribution in [3.8, 4) is 0 Å². The Kier molecular flexibility index (Phi) is 3.33. The smallest absolute Gasteiger partial charge is 0.315 e. The van der Waals surface area contributed by atoms with E-state index in [0.29, 0.717) is 0 Å². The maximum absolute atomic E-state index is 13.7. The highest BCUT2D eigenvalue weighted by Crippen LogP contribution is 2.37. The Hall–Kier alpha value is -2.63. The van der Waals surface area contributed by atoms with Crippen LogP contribution in [0.2, 0.25) is 0 Å². The zero-order valence-corrected chi connectivity index (χ0v) is 10.2. The number of hydrogen-bond donors (Lipinski definition) is 1. The van der Waals surface area contributed by atoms with Crippen molar-refractivity contribution in [2.24, 2.45) is 0 Å². The quantitative estimate of drug-likeness (QED) is 0.523. The van der Waals surface area contributed by atoms with E-state index in [2.05, 4.69) is 0 Å². The molecule has 0 amide bonds. The van der Waals surface area contributed by atoms with Crippen molar-refractivity contribution in [2.75, 3.05) is 17.7 Å². The number of halogens is 1. The summed E-state index contributed by atoms with van der Waals surface area (Å²) in [5.74, 6) is -0.457. The van der Waals surface area contributed by atoms with E-state index in [9.17, 15) is 14.5 Å². The number of para-hydroxylation sites is 2. The number of nitrogen functional groups attached to an aromatic ring is 1. The molecule has 0 heterocycles. The summed E-state index contributed by atoms with van der Waals surface area (Å²) in [6.45, 7) is 0. The summed E-state index contributed by atoms with van der Waals surface area (Å²) < 4.78 is 13.7. The third-order valence-corrected chi connectivity index (χ3v) is 2.80. The van der Waals surface area contributed by atoms with E-state index in [4.69, 9.17) is 5.73 Å². The predicted molar refractivity (Wildman–Crippen MR) is 72.0 cm³/mol. The second-order valence-electron chi connectivity index (χ2n) is 3.98. The van der Waals surface area contributed by atoms with Gasteiger partial charge in [0.2, 0.25) is 0 Å². The molecule has 6 heteroatoms. The summed E-state index contributed by atoms with van der Waals surface area (Å²) in [6, 6.07) is 10.6. The molecule has 2 rings (SSSR count). The lowest BCUT2D eigenvalue weighted by Crippen LogP contribution is -2.13. The number of benzene rings is 2. The minimum absolute atomic E-state index is 0.0469. The first-order valence-electron chi connectivity index (χ1n) is 5.53. The highest BCUT2D eigenvalue weighted by Gasteiger charge is 2.22.